The summed E-state index contributed by atoms with van der Waals surface area (Å²) >= 11 is 0. The van der Waals surface area contributed by atoms with Crippen molar-refractivity contribution in [3.8, 4) is 0 Å². The van der Waals surface area contributed by atoms with Crippen LogP contribution in [-0.2, 0) is 14.3 Å². The maximum absolute atomic E-state index is 12.2. The lowest BCUT2D eigenvalue weighted by atomic mass is 9.78. The molecule has 0 aromatic carbocycles. The summed E-state index contributed by atoms with van der Waals surface area (Å²) in [7, 11) is 0. The highest BCUT2D eigenvalue weighted by Gasteiger charge is 2.54. The highest BCUT2D eigenvalue weighted by Crippen LogP contribution is 2.51. The van der Waals surface area contributed by atoms with Gasteiger partial charge in [0, 0.05) is 17.6 Å². The van der Waals surface area contributed by atoms with E-state index in [0.29, 0.717) is 29.6 Å². The molecule has 1 saturated heterocycles. The number of aliphatic hydroxyl groups is 1. The van der Waals surface area contributed by atoms with Gasteiger partial charge in [-0.05, 0) is 42.9 Å². The Morgan fingerprint density at radius 2 is 2.26 bits per heavy atom. The molecule has 2 aliphatic carbocycles. The zero-order valence-corrected chi connectivity index (χ0v) is 10.9. The maximum atomic E-state index is 12.2. The first-order valence-corrected chi connectivity index (χ1v) is 6.48. The Kier molecular flexibility index (Phi) is 2.54. The number of aliphatic hydroxyl groups excluding tert-OH is 1. The number of carbonyl (C=O) groups is 2. The van der Waals surface area contributed by atoms with Gasteiger partial charge < -0.3 is 9.84 Å². The number of allylic oxidation sites excluding steroid dienone is 1. The van der Waals surface area contributed by atoms with Gasteiger partial charge >= 0.3 is 5.97 Å². The van der Waals surface area contributed by atoms with E-state index in [0.717, 1.165) is 12.0 Å². The molecule has 0 amide bonds. The minimum absolute atomic E-state index is 0.0227. The molecular weight excluding hydrogens is 244 g/mol. The fourth-order valence-electron chi connectivity index (χ4n) is 3.45. The highest BCUT2D eigenvalue weighted by atomic mass is 16.6. The van der Waals surface area contributed by atoms with Gasteiger partial charge in [0.25, 0.3) is 0 Å². The second-order valence-electron chi connectivity index (χ2n) is 5.51. The Labute approximate surface area is 111 Å². The molecule has 0 saturated carbocycles. The van der Waals surface area contributed by atoms with Gasteiger partial charge in [0.05, 0.1) is 6.61 Å². The molecule has 4 heteroatoms. The molecule has 4 nitrogen and oxygen atoms in total. The van der Waals surface area contributed by atoms with Crippen molar-refractivity contribution in [1.29, 1.82) is 0 Å². The monoisotopic (exact) mass is 260 g/mol. The van der Waals surface area contributed by atoms with Crippen LogP contribution in [0.4, 0.5) is 0 Å². The second-order valence-corrected chi connectivity index (χ2v) is 5.51. The average Bonchev–Trinajstić information content (AvgIpc) is 2.54. The van der Waals surface area contributed by atoms with Crippen LogP contribution >= 0.6 is 0 Å². The molecule has 0 radical (unpaired) electrons. The summed E-state index contributed by atoms with van der Waals surface area (Å²) in [5.74, 6) is -0.535. The van der Waals surface area contributed by atoms with Crippen LogP contribution in [0.3, 0.4) is 0 Å². The van der Waals surface area contributed by atoms with Crippen LogP contribution in [0.2, 0.25) is 0 Å². The summed E-state index contributed by atoms with van der Waals surface area (Å²) in [5.41, 5.74) is 1.47. The first-order valence-electron chi connectivity index (χ1n) is 6.48. The largest absolute Gasteiger partial charge is 0.446 e. The number of fused-ring (bicyclic) bond motifs is 1. The fourth-order valence-corrected chi connectivity index (χ4v) is 3.45. The quantitative estimate of drug-likeness (QED) is 0.572. The van der Waals surface area contributed by atoms with Gasteiger partial charge in [0.2, 0.25) is 0 Å². The summed E-state index contributed by atoms with van der Waals surface area (Å²) in [5, 5.41) is 9.52. The number of ketones is 1. The summed E-state index contributed by atoms with van der Waals surface area (Å²) in [6.45, 7) is 5.45. The molecule has 2 bridgehead atoms. The predicted octanol–water partition coefficient (Wildman–Crippen LogP) is 1.46. The van der Waals surface area contributed by atoms with Crippen molar-refractivity contribution >= 4 is 11.8 Å². The summed E-state index contributed by atoms with van der Waals surface area (Å²) in [6.07, 6.45) is 3.44. The Morgan fingerprint density at radius 1 is 1.53 bits per heavy atom. The van der Waals surface area contributed by atoms with E-state index in [4.69, 9.17) is 4.74 Å². The third-order valence-corrected chi connectivity index (χ3v) is 4.53. The van der Waals surface area contributed by atoms with Crippen molar-refractivity contribution in [2.75, 3.05) is 6.61 Å². The van der Waals surface area contributed by atoms with Gasteiger partial charge in [-0.3, -0.25) is 4.79 Å². The molecule has 1 aliphatic heterocycles. The minimum Gasteiger partial charge on any atom is -0.446 e. The molecule has 3 rings (SSSR count). The minimum atomic E-state index is -0.950. The van der Waals surface area contributed by atoms with Crippen LogP contribution in [0.1, 0.15) is 26.2 Å². The lowest BCUT2D eigenvalue weighted by molar-refractivity contribution is -0.154. The third-order valence-electron chi connectivity index (χ3n) is 4.53. The van der Waals surface area contributed by atoms with Gasteiger partial charge in [-0.2, -0.15) is 0 Å². The van der Waals surface area contributed by atoms with Gasteiger partial charge in [0.15, 0.2) is 11.4 Å². The number of hydrogen-bond donors (Lipinski definition) is 1. The van der Waals surface area contributed by atoms with E-state index < -0.39 is 11.6 Å². The summed E-state index contributed by atoms with van der Waals surface area (Å²) in [4.78, 5) is 24.2. The van der Waals surface area contributed by atoms with Gasteiger partial charge in [-0.1, -0.05) is 6.58 Å². The Bertz CT molecular complexity index is 567. The standard InChI is InChI=1S/C15H16O4/c1-8-5-12(17)13-11(7-16)4-3-10-6-15(8,13)19-14(18)9(10)2/h5,10,16H,2-4,6-7H2,1H3/t10-,15+/m1/s1. The van der Waals surface area contributed by atoms with Crippen LogP contribution in [-0.4, -0.2) is 29.1 Å². The molecule has 19 heavy (non-hydrogen) atoms. The van der Waals surface area contributed by atoms with Crippen molar-refractivity contribution in [3.63, 3.8) is 0 Å². The van der Waals surface area contributed by atoms with Crippen LogP contribution in [0.25, 0.3) is 0 Å². The molecule has 1 N–H and O–H groups in total. The summed E-state index contributed by atoms with van der Waals surface area (Å²) < 4.78 is 5.58. The Balaban J connectivity index is 2.21. The summed E-state index contributed by atoms with van der Waals surface area (Å²) in [6, 6.07) is 0. The van der Waals surface area contributed by atoms with Crippen LogP contribution in [0, 0.1) is 5.92 Å². The Morgan fingerprint density at radius 3 is 2.95 bits per heavy atom. The van der Waals surface area contributed by atoms with Crippen molar-refractivity contribution in [2.45, 2.75) is 31.8 Å². The topological polar surface area (TPSA) is 63.6 Å². The molecule has 1 spiro atoms. The van der Waals surface area contributed by atoms with E-state index in [1.54, 1.807) is 0 Å². The fraction of sp³-hybridized carbons (Fsp3) is 0.467. The Hall–Kier alpha value is -1.68. The van der Waals surface area contributed by atoms with Gasteiger partial charge in [0.1, 0.15) is 0 Å². The van der Waals surface area contributed by atoms with E-state index >= 15 is 0 Å². The first kappa shape index (κ1) is 12.4. The lowest BCUT2D eigenvalue weighted by Gasteiger charge is -2.39. The van der Waals surface area contributed by atoms with E-state index in [-0.39, 0.29) is 18.3 Å². The number of carbonyl (C=O) groups excluding carboxylic acids is 2. The van der Waals surface area contributed by atoms with Gasteiger partial charge in [-0.25, -0.2) is 4.79 Å². The van der Waals surface area contributed by atoms with Crippen LogP contribution < -0.4 is 0 Å². The van der Waals surface area contributed by atoms with E-state index in [1.165, 1.54) is 6.08 Å². The number of rotatable bonds is 1. The second kappa shape index (κ2) is 3.90. The van der Waals surface area contributed by atoms with Gasteiger partial charge in [-0.15, -0.1) is 0 Å². The molecule has 0 aromatic rings. The molecule has 0 aromatic heterocycles. The predicted molar refractivity (Wildman–Crippen MR) is 68.2 cm³/mol. The molecule has 0 unspecified atom stereocenters. The normalized spacial score (nSPS) is 33.9. The van der Waals surface area contributed by atoms with E-state index in [9.17, 15) is 14.7 Å². The van der Waals surface area contributed by atoms with Crippen molar-refractivity contribution < 1.29 is 19.4 Å². The molecule has 3 aliphatic rings. The molecule has 100 valence electrons. The van der Waals surface area contributed by atoms with Crippen molar-refractivity contribution in [3.05, 3.63) is 34.9 Å². The SMILES string of the molecule is C=C1C(=O)O[C@]23C[C@H]1CCC(CO)=C2C(=O)C=C3C. The molecule has 1 fully saturated rings. The van der Waals surface area contributed by atoms with Crippen molar-refractivity contribution in [1.82, 2.24) is 0 Å². The van der Waals surface area contributed by atoms with E-state index in [1.807, 2.05) is 6.92 Å². The average molecular weight is 260 g/mol. The van der Waals surface area contributed by atoms with Crippen molar-refractivity contribution in [2.24, 2.45) is 5.92 Å². The number of hydrogen-bond acceptors (Lipinski definition) is 4. The van der Waals surface area contributed by atoms with Crippen LogP contribution in [0.5, 0.6) is 0 Å². The molecule has 1 heterocycles. The zero-order chi connectivity index (χ0) is 13.8. The number of ether oxygens (including phenoxy) is 1. The molecular formula is C15H16O4. The third kappa shape index (κ3) is 1.49. The molecule has 2 atom stereocenters. The maximum Gasteiger partial charge on any atom is 0.334 e. The number of esters is 1. The van der Waals surface area contributed by atoms with Crippen LogP contribution in [0.15, 0.2) is 34.9 Å². The highest BCUT2D eigenvalue weighted by molar-refractivity contribution is 6.11. The lowest BCUT2D eigenvalue weighted by Crippen LogP contribution is -2.44. The smallest absolute Gasteiger partial charge is 0.334 e. The first-order chi connectivity index (χ1) is 8.99. The van der Waals surface area contributed by atoms with E-state index in [2.05, 4.69) is 6.58 Å². The zero-order valence-electron chi connectivity index (χ0n) is 10.9.